The molecule has 0 bridgehead atoms. The van der Waals surface area contributed by atoms with Gasteiger partial charge in [-0.1, -0.05) is 17.7 Å². The highest BCUT2D eigenvalue weighted by Gasteiger charge is 2.40. The molecule has 2 aromatic heterocycles. The molecule has 1 unspecified atom stereocenters. The van der Waals surface area contributed by atoms with Crippen molar-refractivity contribution in [1.29, 1.82) is 0 Å². The average molecular weight is 428 g/mol. The number of carbonyl (C=O) groups excluding carboxylic acids is 1. The molecule has 1 saturated heterocycles. The second-order valence-electron chi connectivity index (χ2n) is 5.82. The summed E-state index contributed by atoms with van der Waals surface area (Å²) in [5.41, 5.74) is 2.89. The van der Waals surface area contributed by atoms with Crippen LogP contribution in [0, 0.1) is 0 Å². The van der Waals surface area contributed by atoms with Crippen molar-refractivity contribution >= 4 is 66.1 Å². The van der Waals surface area contributed by atoms with Crippen molar-refractivity contribution in [3.63, 3.8) is 0 Å². The van der Waals surface area contributed by atoms with E-state index in [2.05, 4.69) is 10.3 Å². The van der Waals surface area contributed by atoms with Gasteiger partial charge in [-0.25, -0.2) is 13.4 Å². The number of hydrogen-bond acceptors (Lipinski definition) is 6. The third-order valence-electron chi connectivity index (χ3n) is 4.26. The van der Waals surface area contributed by atoms with Gasteiger partial charge in [-0.15, -0.1) is 22.7 Å². The molecular weight excluding hydrogens is 414 g/mol. The van der Waals surface area contributed by atoms with E-state index in [4.69, 9.17) is 11.6 Å². The number of nitrogens with one attached hydrogen (secondary N) is 1. The Hall–Kier alpha value is -1.52. The highest BCUT2D eigenvalue weighted by molar-refractivity contribution is 7.91. The molecule has 6 nitrogen and oxygen atoms in total. The largest absolute Gasteiger partial charge is 0.323 e. The second-order valence-corrected chi connectivity index (χ2v) is 10.1. The fourth-order valence-corrected chi connectivity index (χ4v) is 6.87. The standard InChI is InChI=1S/C16H14ClN3O3S3/c17-10-5-6-11(15-14(10)18-9-25-15)19-16(21)12-3-1-7-20(12)26(22,23)13-4-2-8-24-13/h2,4-6,8-9,12H,1,3,7H2,(H,19,21). The number of fused-ring (bicyclic) bond motifs is 1. The van der Waals surface area contributed by atoms with Crippen LogP contribution in [0.3, 0.4) is 0 Å². The molecule has 1 atom stereocenters. The Labute approximate surface area is 163 Å². The molecule has 1 aliphatic rings. The van der Waals surface area contributed by atoms with Crippen LogP contribution < -0.4 is 5.32 Å². The molecule has 1 aliphatic heterocycles. The quantitative estimate of drug-likeness (QED) is 0.686. The molecule has 1 amide bonds. The number of anilines is 1. The summed E-state index contributed by atoms with van der Waals surface area (Å²) in [6.07, 6.45) is 1.15. The molecule has 0 aliphatic carbocycles. The highest BCUT2D eigenvalue weighted by Crippen LogP contribution is 2.33. The van der Waals surface area contributed by atoms with Crippen LogP contribution >= 0.6 is 34.3 Å². The van der Waals surface area contributed by atoms with Crippen LogP contribution in [-0.4, -0.2) is 36.2 Å². The molecule has 3 heterocycles. The summed E-state index contributed by atoms with van der Waals surface area (Å²) >= 11 is 8.65. The van der Waals surface area contributed by atoms with Gasteiger partial charge >= 0.3 is 0 Å². The Morgan fingerprint density at radius 2 is 2.15 bits per heavy atom. The van der Waals surface area contributed by atoms with Gasteiger partial charge < -0.3 is 5.32 Å². The molecule has 1 aromatic carbocycles. The summed E-state index contributed by atoms with van der Waals surface area (Å²) in [4.78, 5) is 17.0. The third-order valence-corrected chi connectivity index (χ3v) is 8.70. The number of halogens is 1. The Bertz CT molecular complexity index is 1060. The molecule has 136 valence electrons. The Morgan fingerprint density at radius 1 is 1.31 bits per heavy atom. The lowest BCUT2D eigenvalue weighted by Gasteiger charge is -2.22. The average Bonchev–Trinajstić information content (AvgIpc) is 3.37. The summed E-state index contributed by atoms with van der Waals surface area (Å²) in [5, 5.41) is 5.09. The van der Waals surface area contributed by atoms with E-state index in [9.17, 15) is 13.2 Å². The lowest BCUT2D eigenvalue weighted by Crippen LogP contribution is -2.42. The molecule has 0 spiro atoms. The van der Waals surface area contributed by atoms with E-state index in [1.54, 1.807) is 35.2 Å². The first kappa shape index (κ1) is 17.9. The van der Waals surface area contributed by atoms with Crippen molar-refractivity contribution in [2.45, 2.75) is 23.1 Å². The fourth-order valence-electron chi connectivity index (χ4n) is 3.05. The second kappa shape index (κ2) is 6.90. The third kappa shape index (κ3) is 3.03. The topological polar surface area (TPSA) is 79.4 Å². The fraction of sp³-hybridized carbons (Fsp3) is 0.250. The Balaban J connectivity index is 1.61. The smallest absolute Gasteiger partial charge is 0.253 e. The van der Waals surface area contributed by atoms with E-state index in [0.29, 0.717) is 35.6 Å². The number of nitrogens with zero attached hydrogens (tertiary/aromatic N) is 2. The number of aromatic nitrogens is 1. The van der Waals surface area contributed by atoms with Gasteiger partial charge in [0, 0.05) is 6.54 Å². The molecule has 1 fully saturated rings. The number of amides is 1. The predicted octanol–water partition coefficient (Wildman–Crippen LogP) is 3.80. The summed E-state index contributed by atoms with van der Waals surface area (Å²) in [5.74, 6) is -0.334. The van der Waals surface area contributed by atoms with Crippen LogP contribution in [0.4, 0.5) is 5.69 Å². The zero-order valence-corrected chi connectivity index (χ0v) is 16.6. The van der Waals surface area contributed by atoms with E-state index in [-0.39, 0.29) is 10.1 Å². The van der Waals surface area contributed by atoms with Crippen LogP contribution in [-0.2, 0) is 14.8 Å². The van der Waals surface area contributed by atoms with Gasteiger partial charge in [-0.3, -0.25) is 4.79 Å². The van der Waals surface area contributed by atoms with Gasteiger partial charge in [0.25, 0.3) is 10.0 Å². The number of sulfonamides is 1. The minimum absolute atomic E-state index is 0.258. The molecule has 10 heteroatoms. The van der Waals surface area contributed by atoms with Gasteiger partial charge in [0.15, 0.2) is 0 Å². The van der Waals surface area contributed by atoms with Crippen LogP contribution in [0.2, 0.25) is 5.02 Å². The number of benzene rings is 1. The molecule has 1 N–H and O–H groups in total. The number of hydrogen-bond donors (Lipinski definition) is 1. The van der Waals surface area contributed by atoms with Crippen LogP contribution in [0.5, 0.6) is 0 Å². The van der Waals surface area contributed by atoms with Gasteiger partial charge in [0.05, 0.1) is 20.9 Å². The molecule has 0 radical (unpaired) electrons. The van der Waals surface area contributed by atoms with Gasteiger partial charge in [0.2, 0.25) is 5.91 Å². The molecule has 3 aromatic rings. The first-order chi connectivity index (χ1) is 12.5. The normalized spacial score (nSPS) is 18.4. The highest BCUT2D eigenvalue weighted by atomic mass is 35.5. The van der Waals surface area contributed by atoms with E-state index >= 15 is 0 Å². The summed E-state index contributed by atoms with van der Waals surface area (Å²) < 4.78 is 28.0. The molecule has 26 heavy (non-hydrogen) atoms. The maximum Gasteiger partial charge on any atom is 0.253 e. The maximum absolute atomic E-state index is 12.8. The van der Waals surface area contributed by atoms with Gasteiger partial charge in [-0.2, -0.15) is 4.31 Å². The summed E-state index contributed by atoms with van der Waals surface area (Å²) in [6.45, 7) is 0.342. The van der Waals surface area contributed by atoms with Gasteiger partial charge in [-0.05, 0) is 36.4 Å². The number of carbonyl (C=O) groups is 1. The van der Waals surface area contributed by atoms with Crippen molar-refractivity contribution in [3.8, 4) is 0 Å². The minimum atomic E-state index is -3.66. The molecular formula is C16H14ClN3O3S3. The molecule has 4 rings (SSSR count). The van der Waals surface area contributed by atoms with Crippen molar-refractivity contribution in [3.05, 3.63) is 40.2 Å². The summed E-state index contributed by atoms with van der Waals surface area (Å²) in [6, 6.07) is 5.92. The predicted molar refractivity (Wildman–Crippen MR) is 104 cm³/mol. The van der Waals surface area contributed by atoms with Crippen LogP contribution in [0.25, 0.3) is 10.2 Å². The van der Waals surface area contributed by atoms with Crippen LogP contribution in [0.1, 0.15) is 12.8 Å². The minimum Gasteiger partial charge on any atom is -0.323 e. The lowest BCUT2D eigenvalue weighted by molar-refractivity contribution is -0.119. The first-order valence-corrected chi connectivity index (χ1v) is 11.4. The lowest BCUT2D eigenvalue weighted by atomic mass is 10.2. The van der Waals surface area contributed by atoms with Crippen molar-refractivity contribution in [2.24, 2.45) is 0 Å². The first-order valence-electron chi connectivity index (χ1n) is 7.86. The Morgan fingerprint density at radius 3 is 2.92 bits per heavy atom. The zero-order chi connectivity index (χ0) is 18.3. The van der Waals surface area contributed by atoms with Crippen molar-refractivity contribution < 1.29 is 13.2 Å². The SMILES string of the molecule is O=C(Nc1ccc(Cl)c2ncsc12)C1CCCN1S(=O)(=O)c1cccs1. The van der Waals surface area contributed by atoms with Crippen LogP contribution in [0.15, 0.2) is 39.4 Å². The number of thiophene rings is 1. The zero-order valence-electron chi connectivity index (χ0n) is 13.4. The van der Waals surface area contributed by atoms with E-state index in [0.717, 1.165) is 16.0 Å². The number of thiazole rings is 1. The van der Waals surface area contributed by atoms with E-state index in [1.165, 1.54) is 15.6 Å². The maximum atomic E-state index is 12.8. The van der Waals surface area contributed by atoms with Crippen molar-refractivity contribution in [2.75, 3.05) is 11.9 Å². The Kier molecular flexibility index (Phi) is 4.74. The number of rotatable bonds is 4. The van der Waals surface area contributed by atoms with Crippen molar-refractivity contribution in [1.82, 2.24) is 9.29 Å². The van der Waals surface area contributed by atoms with Gasteiger partial charge in [0.1, 0.15) is 15.8 Å². The van der Waals surface area contributed by atoms with E-state index in [1.807, 2.05) is 0 Å². The molecule has 0 saturated carbocycles. The summed E-state index contributed by atoms with van der Waals surface area (Å²) in [7, 11) is -3.66. The monoisotopic (exact) mass is 427 g/mol. The van der Waals surface area contributed by atoms with E-state index < -0.39 is 16.1 Å².